The molecule has 1 saturated heterocycles. The Balaban J connectivity index is 1.56. The zero-order valence-electron chi connectivity index (χ0n) is 26.9. The number of para-hydroxylation sites is 1. The third-order valence-electron chi connectivity index (χ3n) is 7.49. The number of ether oxygens (including phenoxy) is 2. The molecular formula is C33H46N6O5. The first-order valence-electron chi connectivity index (χ1n) is 15.2. The van der Waals surface area contributed by atoms with Crippen LogP contribution in [0.1, 0.15) is 51.7 Å². The quantitative estimate of drug-likeness (QED) is 0.316. The van der Waals surface area contributed by atoms with Crippen LogP contribution < -0.4 is 15.4 Å². The van der Waals surface area contributed by atoms with Crippen LogP contribution in [0.5, 0.6) is 5.75 Å². The average molecular weight is 607 g/mol. The van der Waals surface area contributed by atoms with Crippen molar-refractivity contribution in [3.05, 3.63) is 59.8 Å². The van der Waals surface area contributed by atoms with Gasteiger partial charge in [-0.05, 0) is 71.1 Å². The van der Waals surface area contributed by atoms with Crippen LogP contribution in [0.25, 0.3) is 10.9 Å². The molecule has 2 atom stereocenters. The molecule has 1 fully saturated rings. The largest absolute Gasteiger partial charge is 0.492 e. The molecule has 0 radical (unpaired) electrons. The molecule has 4 amide bonds. The summed E-state index contributed by atoms with van der Waals surface area (Å²) in [6.45, 7) is 11.8. The highest BCUT2D eigenvalue weighted by Gasteiger charge is 2.33. The van der Waals surface area contributed by atoms with E-state index in [9.17, 15) is 14.4 Å². The molecule has 0 spiro atoms. The van der Waals surface area contributed by atoms with Gasteiger partial charge >= 0.3 is 12.1 Å². The summed E-state index contributed by atoms with van der Waals surface area (Å²) < 4.78 is 11.3. The first-order chi connectivity index (χ1) is 20.9. The summed E-state index contributed by atoms with van der Waals surface area (Å²) in [5.41, 5.74) is 2.84. The van der Waals surface area contributed by atoms with Crippen LogP contribution in [-0.2, 0) is 16.1 Å². The van der Waals surface area contributed by atoms with E-state index in [-0.39, 0.29) is 17.9 Å². The third kappa shape index (κ3) is 8.22. The van der Waals surface area contributed by atoms with Crippen LogP contribution in [0, 0.1) is 0 Å². The minimum atomic E-state index is -0.905. The van der Waals surface area contributed by atoms with Crippen molar-refractivity contribution in [2.45, 2.75) is 58.7 Å². The molecule has 0 saturated carbocycles. The number of aromatic nitrogens is 1. The molecule has 0 bridgehead atoms. The fourth-order valence-corrected chi connectivity index (χ4v) is 5.34. The lowest BCUT2D eigenvalue weighted by Crippen LogP contribution is -2.57. The molecule has 0 aliphatic carbocycles. The Kier molecular flexibility index (Phi) is 10.4. The molecule has 11 nitrogen and oxygen atoms in total. The maximum Gasteiger partial charge on any atom is 0.410 e. The van der Waals surface area contributed by atoms with Crippen molar-refractivity contribution in [2.24, 2.45) is 0 Å². The first kappa shape index (κ1) is 32.7. The molecule has 3 aromatic rings. The second kappa shape index (κ2) is 14.0. The first-order valence-corrected chi connectivity index (χ1v) is 15.2. The highest BCUT2D eigenvalue weighted by Crippen LogP contribution is 2.31. The summed E-state index contributed by atoms with van der Waals surface area (Å²) in [5.74, 6) is -0.170. The van der Waals surface area contributed by atoms with E-state index < -0.39 is 17.7 Å². The highest BCUT2D eigenvalue weighted by molar-refractivity contribution is 5.99. The monoisotopic (exact) mass is 606 g/mol. The molecule has 1 aliphatic heterocycles. The zero-order chi connectivity index (χ0) is 32.0. The number of fused-ring (bicyclic) bond motifs is 1. The topological polar surface area (TPSA) is 119 Å². The predicted molar refractivity (Wildman–Crippen MR) is 172 cm³/mol. The summed E-state index contributed by atoms with van der Waals surface area (Å²) in [4.78, 5) is 48.8. The smallest absolute Gasteiger partial charge is 0.410 e. The number of benzene rings is 2. The summed E-state index contributed by atoms with van der Waals surface area (Å²) in [7, 11) is 3.97. The van der Waals surface area contributed by atoms with E-state index >= 15 is 0 Å². The molecule has 2 aromatic carbocycles. The summed E-state index contributed by atoms with van der Waals surface area (Å²) in [6, 6.07) is 12.4. The van der Waals surface area contributed by atoms with Gasteiger partial charge in [-0.15, -0.1) is 0 Å². The Morgan fingerprint density at radius 1 is 1.02 bits per heavy atom. The highest BCUT2D eigenvalue weighted by atomic mass is 16.6. The van der Waals surface area contributed by atoms with Crippen molar-refractivity contribution in [1.82, 2.24) is 25.0 Å². The molecule has 11 heteroatoms. The van der Waals surface area contributed by atoms with Crippen LogP contribution in [0.4, 0.5) is 15.3 Å². The molecule has 3 N–H and O–H groups in total. The lowest BCUT2D eigenvalue weighted by molar-refractivity contribution is -0.118. The van der Waals surface area contributed by atoms with Gasteiger partial charge in [0.15, 0.2) is 0 Å². The average Bonchev–Trinajstić information content (AvgIpc) is 3.40. The van der Waals surface area contributed by atoms with Crippen molar-refractivity contribution in [2.75, 3.05) is 52.2 Å². The van der Waals surface area contributed by atoms with Crippen LogP contribution in [-0.4, -0.2) is 96.2 Å². The summed E-state index contributed by atoms with van der Waals surface area (Å²) in [5, 5.41) is 7.06. The van der Waals surface area contributed by atoms with Gasteiger partial charge in [0, 0.05) is 55.7 Å². The Morgan fingerprint density at radius 3 is 2.36 bits per heavy atom. The van der Waals surface area contributed by atoms with Gasteiger partial charge in [-0.25, -0.2) is 9.59 Å². The molecule has 1 aromatic heterocycles. The van der Waals surface area contributed by atoms with Crippen LogP contribution in [0.15, 0.2) is 48.7 Å². The van der Waals surface area contributed by atoms with E-state index in [1.807, 2.05) is 102 Å². The Labute approximate surface area is 259 Å². The van der Waals surface area contributed by atoms with Crippen LogP contribution in [0.3, 0.4) is 0 Å². The van der Waals surface area contributed by atoms with Crippen LogP contribution in [0.2, 0.25) is 0 Å². The molecular weight excluding hydrogens is 560 g/mol. The lowest BCUT2D eigenvalue weighted by atomic mass is 9.92. The van der Waals surface area contributed by atoms with E-state index in [0.29, 0.717) is 50.8 Å². The molecule has 2 heterocycles. The van der Waals surface area contributed by atoms with E-state index in [1.54, 1.807) is 9.80 Å². The summed E-state index contributed by atoms with van der Waals surface area (Å²) in [6.07, 6.45) is 1.49. The lowest BCUT2D eigenvalue weighted by Gasteiger charge is -2.36. The minimum absolute atomic E-state index is 0.321. The van der Waals surface area contributed by atoms with Crippen molar-refractivity contribution in [1.29, 1.82) is 0 Å². The minimum Gasteiger partial charge on any atom is -0.492 e. The van der Waals surface area contributed by atoms with Gasteiger partial charge in [-0.1, -0.05) is 31.2 Å². The van der Waals surface area contributed by atoms with Gasteiger partial charge in [0.25, 0.3) is 0 Å². The number of urea groups is 1. The number of hydrogen-bond acceptors (Lipinski definition) is 6. The summed E-state index contributed by atoms with van der Waals surface area (Å²) >= 11 is 0. The number of amides is 4. The molecule has 0 unspecified atom stereocenters. The second-order valence-corrected chi connectivity index (χ2v) is 12.5. The van der Waals surface area contributed by atoms with E-state index in [0.717, 1.165) is 22.0 Å². The Morgan fingerprint density at radius 2 is 1.70 bits per heavy atom. The molecule has 44 heavy (non-hydrogen) atoms. The van der Waals surface area contributed by atoms with Gasteiger partial charge in [0.05, 0.1) is 12.3 Å². The number of rotatable bonds is 9. The number of carbonyl (C=O) groups excluding carboxylic acids is 3. The Bertz CT molecular complexity index is 1450. The Hall–Kier alpha value is -4.25. The van der Waals surface area contributed by atoms with Crippen molar-refractivity contribution in [3.63, 3.8) is 0 Å². The van der Waals surface area contributed by atoms with Crippen LogP contribution >= 0.6 is 0 Å². The number of nitrogens with one attached hydrogen (secondary N) is 3. The van der Waals surface area contributed by atoms with Gasteiger partial charge in [0.1, 0.15) is 17.4 Å². The number of H-pyrrole nitrogens is 1. The normalized spacial score (nSPS) is 15.2. The van der Waals surface area contributed by atoms with Crippen molar-refractivity contribution >= 4 is 34.6 Å². The fraction of sp³-hybridized carbons (Fsp3) is 0.485. The van der Waals surface area contributed by atoms with Gasteiger partial charge in [-0.3, -0.25) is 4.79 Å². The SMILES string of the molecule is CCOc1ccc(CN(C)C)cc1NC(=O)[C@H](NC(=O)N1CCN(C(=O)OC(C)(C)C)CC1)[C@@H](C)c1c[nH]c2ccccc12. The third-order valence-corrected chi connectivity index (χ3v) is 7.49. The van der Waals surface area contributed by atoms with Crippen molar-refractivity contribution in [3.8, 4) is 5.75 Å². The second-order valence-electron chi connectivity index (χ2n) is 12.5. The van der Waals surface area contributed by atoms with E-state index in [2.05, 4.69) is 15.6 Å². The molecule has 4 rings (SSSR count). The van der Waals surface area contributed by atoms with E-state index in [4.69, 9.17) is 9.47 Å². The number of piperazine rings is 1. The number of nitrogens with zero attached hydrogens (tertiary/aromatic N) is 3. The van der Waals surface area contributed by atoms with Gasteiger partial charge < -0.3 is 39.8 Å². The predicted octanol–water partition coefficient (Wildman–Crippen LogP) is 5.00. The zero-order valence-corrected chi connectivity index (χ0v) is 26.9. The molecule has 1 aliphatic rings. The number of aromatic amines is 1. The van der Waals surface area contributed by atoms with Crippen molar-refractivity contribution < 1.29 is 23.9 Å². The van der Waals surface area contributed by atoms with E-state index in [1.165, 1.54) is 0 Å². The number of carbonyl (C=O) groups is 3. The number of hydrogen-bond donors (Lipinski definition) is 3. The fourth-order valence-electron chi connectivity index (χ4n) is 5.34. The standard InChI is InChI=1S/C33H46N6O5/c1-8-43-28-14-13-23(21-37(6)7)19-27(28)35-30(40)29(22(2)25-20-34-26-12-10-9-11-24(25)26)36-31(41)38-15-17-39(18-16-38)32(42)44-33(3,4)5/h9-14,19-20,22,29,34H,8,15-18,21H2,1-7H3,(H,35,40)(H,36,41)/t22-,29+/m0/s1. The van der Waals surface area contributed by atoms with Gasteiger partial charge in [-0.2, -0.15) is 0 Å². The molecule has 238 valence electrons. The maximum absolute atomic E-state index is 14.1. The number of anilines is 1. The van der Waals surface area contributed by atoms with Gasteiger partial charge in [0.2, 0.25) is 5.91 Å². The maximum atomic E-state index is 14.1.